The molecule has 33 heavy (non-hydrogen) atoms. The van der Waals surface area contributed by atoms with Gasteiger partial charge in [0.1, 0.15) is 22.0 Å². The second kappa shape index (κ2) is 8.96. The van der Waals surface area contributed by atoms with E-state index in [2.05, 4.69) is 20.0 Å². The van der Waals surface area contributed by atoms with Gasteiger partial charge in [-0.1, -0.05) is 11.2 Å². The highest BCUT2D eigenvalue weighted by atomic mass is 32.2. The van der Waals surface area contributed by atoms with E-state index in [1.165, 1.54) is 30.0 Å². The molecule has 0 spiro atoms. The van der Waals surface area contributed by atoms with E-state index in [0.717, 1.165) is 0 Å². The zero-order valence-electron chi connectivity index (χ0n) is 18.1. The third-order valence-corrected chi connectivity index (χ3v) is 6.37. The lowest BCUT2D eigenvalue weighted by molar-refractivity contribution is 0.392. The Morgan fingerprint density at radius 1 is 1.15 bits per heavy atom. The Balaban J connectivity index is 1.74. The van der Waals surface area contributed by atoms with Gasteiger partial charge < -0.3 is 9.26 Å². The van der Waals surface area contributed by atoms with Crippen molar-refractivity contribution in [3.63, 3.8) is 0 Å². The molecule has 0 unspecified atom stereocenters. The molecular formula is C22H21N5O5S. The van der Waals surface area contributed by atoms with E-state index < -0.39 is 10.0 Å². The number of benzene rings is 1. The number of aryl methyl sites for hydroxylation is 2. The minimum atomic E-state index is -3.93. The standard InChI is InChI=1S/C22H21N5O5S/c1-14-22(15(2)32-26-14)27-21(28)9-7-18(25-27)17-6-8-19(31-3)20(11-17)33(29,30)24-13-16-5-4-10-23-12-16/h4-12,24H,13H2,1-3H3. The Morgan fingerprint density at radius 3 is 2.64 bits per heavy atom. The van der Waals surface area contributed by atoms with Gasteiger partial charge in [0.05, 0.1) is 12.8 Å². The van der Waals surface area contributed by atoms with E-state index in [0.29, 0.717) is 34.0 Å². The summed E-state index contributed by atoms with van der Waals surface area (Å²) in [6.07, 6.45) is 3.19. The molecule has 0 aliphatic rings. The Labute approximate surface area is 189 Å². The number of aromatic nitrogens is 4. The van der Waals surface area contributed by atoms with Crippen LogP contribution in [-0.2, 0) is 16.6 Å². The molecule has 10 nitrogen and oxygen atoms in total. The lowest BCUT2D eigenvalue weighted by atomic mass is 10.1. The van der Waals surface area contributed by atoms with Gasteiger partial charge in [0.15, 0.2) is 5.76 Å². The molecule has 0 saturated carbocycles. The van der Waals surface area contributed by atoms with E-state index in [4.69, 9.17) is 9.26 Å². The van der Waals surface area contributed by atoms with E-state index in [9.17, 15) is 13.2 Å². The third kappa shape index (κ3) is 4.54. The molecule has 0 fully saturated rings. The van der Waals surface area contributed by atoms with Crippen LogP contribution in [0, 0.1) is 13.8 Å². The Morgan fingerprint density at radius 2 is 1.97 bits per heavy atom. The summed E-state index contributed by atoms with van der Waals surface area (Å²) in [5, 5.41) is 8.29. The molecule has 0 saturated heterocycles. The van der Waals surface area contributed by atoms with Crippen LogP contribution in [0.4, 0.5) is 0 Å². The Bertz CT molecular complexity index is 1440. The van der Waals surface area contributed by atoms with E-state index in [1.54, 1.807) is 50.5 Å². The molecule has 3 heterocycles. The number of rotatable bonds is 7. The Kier molecular flexibility index (Phi) is 6.07. The molecule has 4 aromatic rings. The van der Waals surface area contributed by atoms with Crippen molar-refractivity contribution in [3.8, 4) is 22.7 Å². The van der Waals surface area contributed by atoms with Crippen molar-refractivity contribution < 1.29 is 17.7 Å². The van der Waals surface area contributed by atoms with Crippen LogP contribution in [0.3, 0.4) is 0 Å². The molecule has 1 aromatic carbocycles. The third-order valence-electron chi connectivity index (χ3n) is 4.95. The number of nitrogens with zero attached hydrogens (tertiary/aromatic N) is 4. The topological polar surface area (TPSA) is 129 Å². The van der Waals surface area contributed by atoms with Gasteiger partial charge in [-0.15, -0.1) is 0 Å². The highest BCUT2D eigenvalue weighted by molar-refractivity contribution is 7.89. The number of hydrogen-bond donors (Lipinski definition) is 1. The van der Waals surface area contributed by atoms with Gasteiger partial charge in [-0.2, -0.15) is 9.78 Å². The number of sulfonamides is 1. The highest BCUT2D eigenvalue weighted by Crippen LogP contribution is 2.29. The van der Waals surface area contributed by atoms with Crippen molar-refractivity contribution >= 4 is 10.0 Å². The molecule has 170 valence electrons. The van der Waals surface area contributed by atoms with Gasteiger partial charge >= 0.3 is 0 Å². The maximum Gasteiger partial charge on any atom is 0.271 e. The van der Waals surface area contributed by atoms with Crippen LogP contribution in [0.15, 0.2) is 69.1 Å². The first-order valence-electron chi connectivity index (χ1n) is 9.91. The van der Waals surface area contributed by atoms with Gasteiger partial charge in [-0.3, -0.25) is 9.78 Å². The molecule has 0 atom stereocenters. The number of methoxy groups -OCH3 is 1. The van der Waals surface area contributed by atoms with E-state index in [1.807, 2.05) is 0 Å². The summed E-state index contributed by atoms with van der Waals surface area (Å²) in [5.74, 6) is 0.619. The maximum absolute atomic E-state index is 13.1. The fourth-order valence-electron chi connectivity index (χ4n) is 3.31. The molecule has 4 rings (SSSR count). The quantitative estimate of drug-likeness (QED) is 0.439. The largest absolute Gasteiger partial charge is 0.495 e. The van der Waals surface area contributed by atoms with Gasteiger partial charge in [-0.05, 0) is 49.7 Å². The number of nitrogens with one attached hydrogen (secondary N) is 1. The Hall–Kier alpha value is -3.83. The minimum Gasteiger partial charge on any atom is -0.495 e. The molecule has 1 N–H and O–H groups in total. The van der Waals surface area contributed by atoms with Gasteiger partial charge in [0, 0.05) is 30.6 Å². The minimum absolute atomic E-state index is 0.0525. The first-order valence-corrected chi connectivity index (χ1v) is 11.4. The molecule has 0 bridgehead atoms. The van der Waals surface area contributed by atoms with Crippen LogP contribution in [-0.4, -0.2) is 35.4 Å². The average Bonchev–Trinajstić information content (AvgIpc) is 3.16. The summed E-state index contributed by atoms with van der Waals surface area (Å²) >= 11 is 0. The zero-order chi connectivity index (χ0) is 23.6. The van der Waals surface area contributed by atoms with Crippen LogP contribution in [0.25, 0.3) is 16.9 Å². The van der Waals surface area contributed by atoms with Crippen molar-refractivity contribution in [2.75, 3.05) is 7.11 Å². The first-order chi connectivity index (χ1) is 15.8. The molecule has 0 aliphatic carbocycles. The number of hydrogen-bond acceptors (Lipinski definition) is 8. The zero-order valence-corrected chi connectivity index (χ0v) is 19.0. The predicted octanol–water partition coefficient (Wildman–Crippen LogP) is 2.39. The van der Waals surface area contributed by atoms with Crippen molar-refractivity contribution in [2.45, 2.75) is 25.3 Å². The van der Waals surface area contributed by atoms with Gasteiger partial charge in [0.2, 0.25) is 10.0 Å². The molecule has 0 radical (unpaired) electrons. The van der Waals surface area contributed by atoms with Gasteiger partial charge in [0.25, 0.3) is 5.56 Å². The van der Waals surface area contributed by atoms with E-state index in [-0.39, 0.29) is 22.7 Å². The summed E-state index contributed by atoms with van der Waals surface area (Å²) < 4.78 is 40.3. The van der Waals surface area contributed by atoms with Crippen LogP contribution in [0.5, 0.6) is 5.75 Å². The fraction of sp³-hybridized carbons (Fsp3) is 0.182. The fourth-order valence-corrected chi connectivity index (χ4v) is 4.52. The van der Waals surface area contributed by atoms with Crippen molar-refractivity contribution in [2.24, 2.45) is 0 Å². The number of ether oxygens (including phenoxy) is 1. The molecular weight excluding hydrogens is 446 g/mol. The average molecular weight is 468 g/mol. The smallest absolute Gasteiger partial charge is 0.271 e. The second-order valence-corrected chi connectivity index (χ2v) is 8.93. The van der Waals surface area contributed by atoms with Crippen molar-refractivity contribution in [3.05, 3.63) is 82.2 Å². The monoisotopic (exact) mass is 467 g/mol. The molecule has 3 aromatic heterocycles. The number of pyridine rings is 1. The second-order valence-electron chi connectivity index (χ2n) is 7.19. The molecule has 0 aliphatic heterocycles. The van der Waals surface area contributed by atoms with Crippen molar-refractivity contribution in [1.29, 1.82) is 0 Å². The van der Waals surface area contributed by atoms with Crippen molar-refractivity contribution in [1.82, 2.24) is 24.6 Å². The summed E-state index contributed by atoms with van der Waals surface area (Å²) in [6.45, 7) is 3.46. The highest BCUT2D eigenvalue weighted by Gasteiger charge is 2.21. The SMILES string of the molecule is COc1ccc(-c2ccc(=O)n(-c3c(C)noc3C)n2)cc1S(=O)(=O)NCc1cccnc1. The van der Waals surface area contributed by atoms with Crippen LogP contribution in [0.1, 0.15) is 17.0 Å². The summed E-state index contributed by atoms with van der Waals surface area (Å²) in [6, 6.07) is 11.0. The summed E-state index contributed by atoms with van der Waals surface area (Å²) in [5.41, 5.74) is 2.18. The van der Waals surface area contributed by atoms with Crippen LogP contribution in [0.2, 0.25) is 0 Å². The molecule has 11 heteroatoms. The lowest BCUT2D eigenvalue weighted by Gasteiger charge is -2.13. The lowest BCUT2D eigenvalue weighted by Crippen LogP contribution is -2.24. The maximum atomic E-state index is 13.1. The summed E-state index contributed by atoms with van der Waals surface area (Å²) in [7, 11) is -2.54. The van der Waals surface area contributed by atoms with Crippen LogP contribution >= 0.6 is 0 Å². The molecule has 0 amide bonds. The first kappa shape index (κ1) is 22.4. The van der Waals surface area contributed by atoms with Crippen LogP contribution < -0.4 is 15.0 Å². The normalized spacial score (nSPS) is 11.5. The van der Waals surface area contributed by atoms with Gasteiger partial charge in [-0.25, -0.2) is 13.1 Å². The van der Waals surface area contributed by atoms with E-state index >= 15 is 0 Å². The predicted molar refractivity (Wildman–Crippen MR) is 120 cm³/mol. The summed E-state index contributed by atoms with van der Waals surface area (Å²) in [4.78, 5) is 16.4.